The summed E-state index contributed by atoms with van der Waals surface area (Å²) in [6, 6.07) is 10.8. The van der Waals surface area contributed by atoms with Crippen LogP contribution in [0.4, 0.5) is 8.78 Å². The van der Waals surface area contributed by atoms with Crippen molar-refractivity contribution in [2.75, 3.05) is 0 Å². The molecule has 0 radical (unpaired) electrons. The van der Waals surface area contributed by atoms with Crippen LogP contribution >= 0.6 is 0 Å². The summed E-state index contributed by atoms with van der Waals surface area (Å²) in [5.41, 5.74) is 0.502. The summed E-state index contributed by atoms with van der Waals surface area (Å²) in [6.45, 7) is 0. The summed E-state index contributed by atoms with van der Waals surface area (Å²) in [6.07, 6.45) is -2.61. The van der Waals surface area contributed by atoms with Crippen molar-refractivity contribution >= 4 is 0 Å². The monoisotopic (exact) mass is 285 g/mol. The maximum Gasteiger partial charge on any atom is 0.280 e. The molecule has 1 aromatic carbocycles. The van der Waals surface area contributed by atoms with Crippen LogP contribution in [0.1, 0.15) is 12.1 Å². The van der Waals surface area contributed by atoms with Crippen LogP contribution in [0.2, 0.25) is 0 Å². The van der Waals surface area contributed by atoms with E-state index in [0.29, 0.717) is 11.3 Å². The zero-order valence-corrected chi connectivity index (χ0v) is 11.9. The fraction of sp³-hybridized carbons (Fsp3) is 0.0833. The Labute approximate surface area is 110 Å². The minimum atomic E-state index is -2.61. The molecular weight excluding hydrogens is 278 g/mol. The Morgan fingerprint density at radius 1 is 1.00 bits per heavy atom. The molecule has 0 atom stereocenters. The van der Waals surface area contributed by atoms with E-state index in [1.165, 1.54) is 18.2 Å². The first-order valence-corrected chi connectivity index (χ1v) is 4.72. The van der Waals surface area contributed by atoms with E-state index in [9.17, 15) is 13.9 Å². The average Bonchev–Trinajstić information content (AvgIpc) is 2.30. The summed E-state index contributed by atoms with van der Waals surface area (Å²) in [5.74, 6) is 0.0291. The van der Waals surface area contributed by atoms with Gasteiger partial charge in [0, 0.05) is 25.0 Å². The van der Waals surface area contributed by atoms with E-state index in [4.69, 9.17) is 0 Å². The Balaban J connectivity index is 0.00000144. The summed E-state index contributed by atoms with van der Waals surface area (Å²) >= 11 is 0. The van der Waals surface area contributed by atoms with Crippen LogP contribution in [0.25, 0.3) is 11.3 Å². The second-order valence-electron chi connectivity index (χ2n) is 3.27. The number of alkyl halides is 2. The smallest absolute Gasteiger partial charge is 0.280 e. The van der Waals surface area contributed by atoms with E-state index < -0.39 is 6.43 Å². The van der Waals surface area contributed by atoms with Crippen LogP contribution < -0.4 is 0 Å². The van der Waals surface area contributed by atoms with E-state index in [0.717, 1.165) is 0 Å². The van der Waals surface area contributed by atoms with Crippen LogP contribution in [-0.4, -0.2) is 10.1 Å². The van der Waals surface area contributed by atoms with E-state index in [1.807, 2.05) is 0 Å². The maximum absolute atomic E-state index is 12.4. The number of phenols is 1. The zero-order valence-electron chi connectivity index (χ0n) is 8.98. The van der Waals surface area contributed by atoms with Gasteiger partial charge in [-0.2, -0.15) is 0 Å². The van der Waals surface area contributed by atoms with E-state index in [2.05, 4.69) is 4.98 Å². The number of hydrogen-bond acceptors (Lipinski definition) is 2. The predicted octanol–water partition coefficient (Wildman–Crippen LogP) is 3.39. The van der Waals surface area contributed by atoms with Gasteiger partial charge in [-0.15, -0.1) is 0 Å². The first kappa shape index (κ1) is 13.7. The summed E-state index contributed by atoms with van der Waals surface area (Å²) in [4.78, 5) is 3.79. The molecule has 2 nitrogen and oxygen atoms in total. The molecule has 0 aliphatic heterocycles. The average molecular weight is 287 g/mol. The molecule has 17 heavy (non-hydrogen) atoms. The number of pyridine rings is 1. The number of para-hydroxylation sites is 1. The van der Waals surface area contributed by atoms with Crippen molar-refractivity contribution in [2.24, 2.45) is 0 Å². The molecule has 0 fully saturated rings. The number of nitrogens with zero attached hydrogens (tertiary/aromatic N) is 1. The quantitative estimate of drug-likeness (QED) is 0.859. The van der Waals surface area contributed by atoms with Gasteiger partial charge in [-0.25, -0.2) is 13.8 Å². The van der Waals surface area contributed by atoms with Gasteiger partial charge in [0.15, 0.2) is 0 Å². The number of aromatic hydroxyl groups is 1. The molecule has 0 saturated carbocycles. The Kier molecular flexibility index (Phi) is 4.70. The van der Waals surface area contributed by atoms with Crippen molar-refractivity contribution < 1.29 is 33.4 Å². The molecule has 0 spiro atoms. The van der Waals surface area contributed by atoms with Gasteiger partial charge >= 0.3 is 0 Å². The second kappa shape index (κ2) is 5.83. The molecule has 0 bridgehead atoms. The molecule has 1 aromatic heterocycles. The Morgan fingerprint density at radius 2 is 1.71 bits per heavy atom. The minimum absolute atomic E-state index is 0. The van der Waals surface area contributed by atoms with Crippen LogP contribution in [0.15, 0.2) is 42.5 Å². The molecule has 2 rings (SSSR count). The van der Waals surface area contributed by atoms with Crippen molar-refractivity contribution in [1.82, 2.24) is 4.98 Å². The topological polar surface area (TPSA) is 33.1 Å². The van der Waals surface area contributed by atoms with E-state index in [1.54, 1.807) is 24.3 Å². The fourth-order valence-electron chi connectivity index (χ4n) is 1.41. The van der Waals surface area contributed by atoms with Crippen LogP contribution in [0, 0.1) is 0 Å². The molecule has 0 aliphatic rings. The number of halogens is 2. The Hall–Kier alpha value is -1.35. The molecule has 5 heteroatoms. The summed E-state index contributed by atoms with van der Waals surface area (Å²) < 4.78 is 24.9. The predicted molar refractivity (Wildman–Crippen MR) is 56.3 cm³/mol. The van der Waals surface area contributed by atoms with Gasteiger partial charge in [-0.3, -0.25) is 0 Å². The molecule has 1 N–H and O–H groups in total. The standard InChI is InChI=1S/C12H9F2NO.Zn/c13-12(14)10-6-3-5-9(15-10)8-4-1-2-7-11(8)16;/h1-7,12,16H;. The van der Waals surface area contributed by atoms with Gasteiger partial charge in [-0.05, 0) is 24.3 Å². The molecule has 1 heterocycles. The molecule has 0 aliphatic carbocycles. The maximum atomic E-state index is 12.4. The van der Waals surface area contributed by atoms with Gasteiger partial charge < -0.3 is 5.11 Å². The zero-order chi connectivity index (χ0) is 11.5. The van der Waals surface area contributed by atoms with Gasteiger partial charge in [0.25, 0.3) is 6.43 Å². The van der Waals surface area contributed by atoms with Crippen LogP contribution in [-0.2, 0) is 19.5 Å². The number of rotatable bonds is 2. The van der Waals surface area contributed by atoms with Crippen molar-refractivity contribution in [1.29, 1.82) is 0 Å². The van der Waals surface area contributed by atoms with Crippen LogP contribution in [0.5, 0.6) is 5.75 Å². The van der Waals surface area contributed by atoms with Gasteiger partial charge in [0.05, 0.1) is 5.69 Å². The summed E-state index contributed by atoms with van der Waals surface area (Å²) in [5, 5.41) is 9.57. The number of aromatic nitrogens is 1. The van der Waals surface area contributed by atoms with Crippen molar-refractivity contribution in [3.05, 3.63) is 48.2 Å². The number of phenolic OH excluding ortho intramolecular Hbond substituents is 1. The van der Waals surface area contributed by atoms with Crippen molar-refractivity contribution in [2.45, 2.75) is 6.43 Å². The largest absolute Gasteiger partial charge is 0.507 e. The molecule has 0 unspecified atom stereocenters. The first-order chi connectivity index (χ1) is 7.68. The third-order valence-corrected chi connectivity index (χ3v) is 2.17. The minimum Gasteiger partial charge on any atom is -0.507 e. The fourth-order valence-corrected chi connectivity index (χ4v) is 1.41. The molecule has 84 valence electrons. The number of hydrogen-bond donors (Lipinski definition) is 1. The molecule has 0 saturated heterocycles. The van der Waals surface area contributed by atoms with Crippen LogP contribution in [0.3, 0.4) is 0 Å². The van der Waals surface area contributed by atoms with Gasteiger partial charge in [-0.1, -0.05) is 18.2 Å². The first-order valence-electron chi connectivity index (χ1n) is 4.72. The normalized spacial score (nSPS) is 10.1. The van der Waals surface area contributed by atoms with Crippen molar-refractivity contribution in [3.63, 3.8) is 0 Å². The van der Waals surface area contributed by atoms with Gasteiger partial charge in [0.1, 0.15) is 11.4 Å². The second-order valence-corrected chi connectivity index (χ2v) is 3.27. The van der Waals surface area contributed by atoms with Gasteiger partial charge in [0.2, 0.25) is 0 Å². The SMILES string of the molecule is Oc1ccccc1-c1cccc(C(F)F)n1.[Zn]. The van der Waals surface area contributed by atoms with E-state index >= 15 is 0 Å². The number of benzene rings is 1. The third kappa shape index (κ3) is 3.07. The third-order valence-electron chi connectivity index (χ3n) is 2.17. The Morgan fingerprint density at radius 3 is 2.35 bits per heavy atom. The molecule has 0 amide bonds. The Bertz CT molecular complexity index is 505. The van der Waals surface area contributed by atoms with E-state index in [-0.39, 0.29) is 30.9 Å². The molecular formula is C12H9F2NOZn. The van der Waals surface area contributed by atoms with Crippen molar-refractivity contribution in [3.8, 4) is 17.0 Å². The summed E-state index contributed by atoms with van der Waals surface area (Å²) in [7, 11) is 0. The molecule has 2 aromatic rings.